The van der Waals surface area contributed by atoms with E-state index < -0.39 is 6.04 Å². The number of carbonyl (C=O) groups is 2. The van der Waals surface area contributed by atoms with Crippen LogP contribution in [-0.4, -0.2) is 52.2 Å². The van der Waals surface area contributed by atoms with Crippen LogP contribution in [0.25, 0.3) is 11.0 Å². The minimum absolute atomic E-state index is 0.0301. The molecule has 0 saturated heterocycles. The highest BCUT2D eigenvalue weighted by atomic mass is 16.5. The highest BCUT2D eigenvalue weighted by molar-refractivity contribution is 6.02. The summed E-state index contributed by atoms with van der Waals surface area (Å²) in [5.74, 6) is 0.298. The van der Waals surface area contributed by atoms with Crippen molar-refractivity contribution in [2.45, 2.75) is 50.7 Å². The Balaban J connectivity index is 1.60. The Labute approximate surface area is 232 Å². The molecule has 1 aliphatic carbocycles. The van der Waals surface area contributed by atoms with E-state index >= 15 is 0 Å². The predicted octanol–water partition coefficient (Wildman–Crippen LogP) is 4.38. The molecule has 0 radical (unpaired) electrons. The van der Waals surface area contributed by atoms with Gasteiger partial charge in [-0.3, -0.25) is 14.5 Å². The van der Waals surface area contributed by atoms with E-state index in [0.29, 0.717) is 33.8 Å². The first kappa shape index (κ1) is 27.0. The highest BCUT2D eigenvalue weighted by Gasteiger charge is 2.35. The molecular weight excluding hydrogens is 510 g/mol. The second kappa shape index (κ2) is 12.1. The van der Waals surface area contributed by atoms with Gasteiger partial charge < -0.3 is 19.9 Å². The number of nitrogens with zero attached hydrogens (tertiary/aromatic N) is 4. The van der Waals surface area contributed by atoms with Crippen LogP contribution in [0.3, 0.4) is 0 Å². The third-order valence-electron chi connectivity index (χ3n) is 7.29. The van der Waals surface area contributed by atoms with Gasteiger partial charge in [-0.1, -0.05) is 48.7 Å². The maximum absolute atomic E-state index is 14.2. The summed E-state index contributed by atoms with van der Waals surface area (Å²) >= 11 is 0. The molecular formula is C30H33N5O5. The van der Waals surface area contributed by atoms with E-state index in [0.717, 1.165) is 32.1 Å². The van der Waals surface area contributed by atoms with Crippen molar-refractivity contribution in [3.8, 4) is 17.2 Å². The Morgan fingerprint density at radius 1 is 1.00 bits per heavy atom. The van der Waals surface area contributed by atoms with E-state index in [1.807, 2.05) is 24.3 Å². The second-order valence-corrected chi connectivity index (χ2v) is 9.88. The van der Waals surface area contributed by atoms with Crippen molar-refractivity contribution >= 4 is 28.5 Å². The lowest BCUT2D eigenvalue weighted by Gasteiger charge is -2.33. The Morgan fingerprint density at radius 2 is 1.73 bits per heavy atom. The fourth-order valence-corrected chi connectivity index (χ4v) is 5.25. The van der Waals surface area contributed by atoms with Gasteiger partial charge in [-0.25, -0.2) is 4.68 Å². The van der Waals surface area contributed by atoms with E-state index in [9.17, 15) is 14.7 Å². The predicted molar refractivity (Wildman–Crippen MR) is 150 cm³/mol. The van der Waals surface area contributed by atoms with Crippen LogP contribution >= 0.6 is 0 Å². The fourth-order valence-electron chi connectivity index (χ4n) is 5.25. The largest absolute Gasteiger partial charge is 0.508 e. The minimum Gasteiger partial charge on any atom is -0.508 e. The van der Waals surface area contributed by atoms with Crippen LogP contribution in [0.15, 0.2) is 66.7 Å². The van der Waals surface area contributed by atoms with Gasteiger partial charge in [0.1, 0.15) is 23.9 Å². The van der Waals surface area contributed by atoms with Crippen LogP contribution < -0.4 is 19.7 Å². The molecule has 3 aromatic carbocycles. The molecule has 208 valence electrons. The molecule has 1 fully saturated rings. The zero-order valence-corrected chi connectivity index (χ0v) is 22.6. The number of rotatable bonds is 9. The van der Waals surface area contributed by atoms with Crippen molar-refractivity contribution in [2.75, 3.05) is 19.1 Å². The number of aromatic hydroxyl groups is 1. The number of benzene rings is 3. The number of para-hydroxylation sites is 1. The fraction of sp³-hybridized carbons (Fsp3) is 0.333. The summed E-state index contributed by atoms with van der Waals surface area (Å²) in [6.45, 7) is -0.153. The quantitative estimate of drug-likeness (QED) is 0.322. The first-order valence-corrected chi connectivity index (χ1v) is 13.4. The summed E-state index contributed by atoms with van der Waals surface area (Å²) in [7, 11) is 3.05. The monoisotopic (exact) mass is 543 g/mol. The van der Waals surface area contributed by atoms with E-state index in [-0.39, 0.29) is 30.2 Å². The lowest BCUT2D eigenvalue weighted by atomic mass is 9.94. The number of methoxy groups -OCH3 is 2. The maximum Gasteiger partial charge on any atom is 0.249 e. The molecule has 0 aliphatic heterocycles. The van der Waals surface area contributed by atoms with Crippen molar-refractivity contribution in [3.63, 3.8) is 0 Å². The summed E-state index contributed by atoms with van der Waals surface area (Å²) < 4.78 is 12.5. The minimum atomic E-state index is -1.03. The van der Waals surface area contributed by atoms with Gasteiger partial charge in [0.2, 0.25) is 11.8 Å². The maximum atomic E-state index is 14.2. The van der Waals surface area contributed by atoms with Gasteiger partial charge in [0.05, 0.1) is 19.7 Å². The summed E-state index contributed by atoms with van der Waals surface area (Å²) in [5.41, 5.74) is 2.37. The molecule has 1 atom stereocenters. The lowest BCUT2D eigenvalue weighted by molar-refractivity contribution is -0.127. The molecule has 1 aromatic heterocycles. The molecule has 0 bridgehead atoms. The number of nitrogens with one attached hydrogen (secondary N) is 1. The van der Waals surface area contributed by atoms with Gasteiger partial charge in [0.25, 0.3) is 0 Å². The van der Waals surface area contributed by atoms with Crippen LogP contribution in [0.4, 0.5) is 5.69 Å². The van der Waals surface area contributed by atoms with Gasteiger partial charge in [-0.2, -0.15) is 0 Å². The molecule has 5 rings (SSSR count). The van der Waals surface area contributed by atoms with Gasteiger partial charge in [0, 0.05) is 17.8 Å². The second-order valence-electron chi connectivity index (χ2n) is 9.88. The number of hydrogen-bond donors (Lipinski definition) is 2. The molecule has 1 heterocycles. The number of anilines is 1. The average molecular weight is 544 g/mol. The number of phenolic OH excluding ortho intramolecular Hbond substituents is 1. The molecule has 2 N–H and O–H groups in total. The normalized spacial score (nSPS) is 14.4. The van der Waals surface area contributed by atoms with Crippen molar-refractivity contribution in [1.82, 2.24) is 20.3 Å². The van der Waals surface area contributed by atoms with Crippen molar-refractivity contribution < 1.29 is 24.2 Å². The summed E-state index contributed by atoms with van der Waals surface area (Å²) in [5, 5.41) is 21.5. The standard InChI is InChI=1S/C30H33N5O5/c1-39-26-17-14-22(18-27(26)40-2)35(28(37)19-34-25-11-7-6-10-24(25)32-33-34)29(20-12-15-23(36)16-13-20)30(38)31-21-8-4-3-5-9-21/h6-7,10-18,21,29,36H,3-5,8-9,19H2,1-2H3,(H,31,38)/t29-/m1/s1. The number of phenols is 1. The molecule has 40 heavy (non-hydrogen) atoms. The van der Waals surface area contributed by atoms with Crippen LogP contribution in [0, 0.1) is 0 Å². The third-order valence-corrected chi connectivity index (χ3v) is 7.29. The Bertz CT molecular complexity index is 1480. The van der Waals surface area contributed by atoms with Gasteiger partial charge in [-0.05, 0) is 54.8 Å². The van der Waals surface area contributed by atoms with Gasteiger partial charge >= 0.3 is 0 Å². The van der Waals surface area contributed by atoms with Crippen molar-refractivity contribution in [1.29, 1.82) is 0 Å². The first-order valence-electron chi connectivity index (χ1n) is 13.4. The third kappa shape index (κ3) is 5.70. The Hall–Kier alpha value is -4.60. The van der Waals surface area contributed by atoms with E-state index in [1.54, 1.807) is 30.3 Å². The molecule has 1 aliphatic rings. The summed E-state index contributed by atoms with van der Waals surface area (Å²) in [4.78, 5) is 29.7. The molecule has 10 heteroatoms. The molecule has 4 aromatic rings. The number of fused-ring (bicyclic) bond motifs is 1. The summed E-state index contributed by atoms with van der Waals surface area (Å²) in [6.07, 6.45) is 5.03. The molecule has 0 unspecified atom stereocenters. The molecule has 2 amide bonds. The van der Waals surface area contributed by atoms with Crippen molar-refractivity contribution in [2.24, 2.45) is 0 Å². The van der Waals surface area contributed by atoms with E-state index in [4.69, 9.17) is 9.47 Å². The van der Waals surface area contributed by atoms with Crippen LogP contribution in [0.5, 0.6) is 17.2 Å². The number of aromatic nitrogens is 3. The van der Waals surface area contributed by atoms with Crippen molar-refractivity contribution in [3.05, 3.63) is 72.3 Å². The zero-order valence-electron chi connectivity index (χ0n) is 22.6. The number of hydrogen-bond acceptors (Lipinski definition) is 7. The molecule has 1 saturated carbocycles. The molecule has 10 nitrogen and oxygen atoms in total. The topological polar surface area (TPSA) is 119 Å². The van der Waals surface area contributed by atoms with Gasteiger partial charge in [0.15, 0.2) is 11.5 Å². The Morgan fingerprint density at radius 3 is 2.45 bits per heavy atom. The number of ether oxygens (including phenoxy) is 2. The number of amides is 2. The van der Waals surface area contributed by atoms with Crippen LogP contribution in [-0.2, 0) is 16.1 Å². The van der Waals surface area contributed by atoms with Crippen LogP contribution in [0.2, 0.25) is 0 Å². The summed E-state index contributed by atoms with van der Waals surface area (Å²) in [6, 6.07) is 17.8. The first-order chi connectivity index (χ1) is 19.5. The van der Waals surface area contributed by atoms with Crippen LogP contribution in [0.1, 0.15) is 43.7 Å². The lowest BCUT2D eigenvalue weighted by Crippen LogP contribution is -2.48. The van der Waals surface area contributed by atoms with E-state index in [1.165, 1.54) is 35.9 Å². The Kier molecular flexibility index (Phi) is 8.14. The highest BCUT2D eigenvalue weighted by Crippen LogP contribution is 2.36. The van der Waals surface area contributed by atoms with E-state index in [2.05, 4.69) is 15.6 Å². The average Bonchev–Trinajstić information content (AvgIpc) is 3.39. The smallest absolute Gasteiger partial charge is 0.249 e. The molecule has 0 spiro atoms. The van der Waals surface area contributed by atoms with Gasteiger partial charge in [-0.15, -0.1) is 5.10 Å². The number of carbonyl (C=O) groups excluding carboxylic acids is 2. The SMILES string of the molecule is COc1ccc(N(C(=O)Cn2nnc3ccccc32)[C@@H](C(=O)NC2CCCCC2)c2ccc(O)cc2)cc1OC. The zero-order chi connectivity index (χ0) is 28.1.